The molecule has 1 aromatic heterocycles. The number of nitrogens with one attached hydrogen (secondary N) is 1. The number of thiazole rings is 1. The van der Waals surface area contributed by atoms with Gasteiger partial charge in [-0.05, 0) is 17.7 Å². The number of anilines is 1. The van der Waals surface area contributed by atoms with Crippen LogP contribution >= 0.6 is 11.3 Å². The third kappa shape index (κ3) is 4.16. The van der Waals surface area contributed by atoms with Crippen LogP contribution in [0, 0.1) is 0 Å². The van der Waals surface area contributed by atoms with Crippen molar-refractivity contribution in [2.75, 3.05) is 19.5 Å². The first-order chi connectivity index (χ1) is 12.5. The smallest absolute Gasteiger partial charge is 0.242 e. The van der Waals surface area contributed by atoms with Gasteiger partial charge in [-0.25, -0.2) is 17.7 Å². The number of rotatable bonds is 6. The van der Waals surface area contributed by atoms with E-state index in [0.29, 0.717) is 10.8 Å². The summed E-state index contributed by atoms with van der Waals surface area (Å²) in [5.74, 6) is 0. The number of hydrazone groups is 1. The lowest BCUT2D eigenvalue weighted by Gasteiger charge is -2.11. The zero-order chi connectivity index (χ0) is 18.6. The third-order valence-corrected chi connectivity index (χ3v) is 6.14. The molecular formula is C18H18N4O2S2. The van der Waals surface area contributed by atoms with E-state index in [1.807, 2.05) is 41.8 Å². The van der Waals surface area contributed by atoms with E-state index in [0.717, 1.165) is 11.1 Å². The van der Waals surface area contributed by atoms with Crippen LogP contribution in [0.25, 0.3) is 11.3 Å². The van der Waals surface area contributed by atoms with Crippen molar-refractivity contribution in [1.82, 2.24) is 9.29 Å². The second-order valence-electron chi connectivity index (χ2n) is 5.63. The largest absolute Gasteiger partial charge is 0.253 e. The molecule has 1 heterocycles. The van der Waals surface area contributed by atoms with Crippen molar-refractivity contribution in [1.29, 1.82) is 0 Å². The van der Waals surface area contributed by atoms with Crippen LogP contribution in [0.5, 0.6) is 0 Å². The molecule has 0 atom stereocenters. The Morgan fingerprint density at radius 3 is 2.62 bits per heavy atom. The highest BCUT2D eigenvalue weighted by Gasteiger charge is 2.18. The van der Waals surface area contributed by atoms with Gasteiger partial charge >= 0.3 is 0 Å². The zero-order valence-corrected chi connectivity index (χ0v) is 16.0. The topological polar surface area (TPSA) is 74.7 Å². The predicted octanol–water partition coefficient (Wildman–Crippen LogP) is 3.51. The summed E-state index contributed by atoms with van der Waals surface area (Å²) in [5.41, 5.74) is 5.32. The van der Waals surface area contributed by atoms with Crippen LogP contribution in [0.1, 0.15) is 5.56 Å². The summed E-state index contributed by atoms with van der Waals surface area (Å²) in [7, 11) is -0.453. The van der Waals surface area contributed by atoms with Crippen LogP contribution in [0.4, 0.5) is 5.13 Å². The first kappa shape index (κ1) is 18.2. The minimum atomic E-state index is -3.48. The lowest BCUT2D eigenvalue weighted by Crippen LogP contribution is -2.22. The summed E-state index contributed by atoms with van der Waals surface area (Å²) < 4.78 is 25.7. The van der Waals surface area contributed by atoms with Crippen LogP contribution in [0.15, 0.2) is 70.0 Å². The monoisotopic (exact) mass is 386 g/mol. The van der Waals surface area contributed by atoms with Gasteiger partial charge in [0.1, 0.15) is 0 Å². The SMILES string of the molecule is CN(C)S(=O)(=O)c1cccc(-c2csc(N/N=C/c3ccccc3)n2)c1. The van der Waals surface area contributed by atoms with Crippen molar-refractivity contribution < 1.29 is 8.42 Å². The number of sulfonamides is 1. The second-order valence-corrected chi connectivity index (χ2v) is 8.64. The van der Waals surface area contributed by atoms with Crippen LogP contribution in [-0.2, 0) is 10.0 Å². The van der Waals surface area contributed by atoms with Crippen molar-refractivity contribution >= 4 is 32.7 Å². The van der Waals surface area contributed by atoms with Gasteiger partial charge in [0, 0.05) is 25.0 Å². The highest BCUT2D eigenvalue weighted by molar-refractivity contribution is 7.89. The fourth-order valence-corrected chi connectivity index (χ4v) is 3.80. The minimum absolute atomic E-state index is 0.240. The van der Waals surface area contributed by atoms with E-state index in [4.69, 9.17) is 0 Å². The van der Waals surface area contributed by atoms with E-state index in [-0.39, 0.29) is 4.90 Å². The summed E-state index contributed by atoms with van der Waals surface area (Å²) >= 11 is 1.40. The van der Waals surface area contributed by atoms with Gasteiger partial charge in [0.25, 0.3) is 0 Å². The Labute approximate surface area is 156 Å². The molecule has 8 heteroatoms. The maximum Gasteiger partial charge on any atom is 0.242 e. The highest BCUT2D eigenvalue weighted by atomic mass is 32.2. The Morgan fingerprint density at radius 1 is 1.12 bits per heavy atom. The molecule has 3 rings (SSSR count). The van der Waals surface area contributed by atoms with Gasteiger partial charge in [0.2, 0.25) is 15.2 Å². The van der Waals surface area contributed by atoms with Gasteiger partial charge < -0.3 is 0 Å². The zero-order valence-electron chi connectivity index (χ0n) is 14.3. The van der Waals surface area contributed by atoms with Gasteiger partial charge in [-0.3, -0.25) is 5.43 Å². The van der Waals surface area contributed by atoms with Gasteiger partial charge in [0.15, 0.2) is 0 Å². The number of aromatic nitrogens is 1. The summed E-state index contributed by atoms with van der Waals surface area (Å²) in [6.45, 7) is 0. The standard InChI is InChI=1S/C18H18N4O2S2/c1-22(2)26(23,24)16-10-6-9-15(11-16)17-13-25-18(20-17)21-19-12-14-7-4-3-5-8-14/h3-13H,1-2H3,(H,20,21)/b19-12+. The molecule has 0 aliphatic heterocycles. The van der Waals surface area contributed by atoms with Gasteiger partial charge in [0.05, 0.1) is 16.8 Å². The van der Waals surface area contributed by atoms with Crippen LogP contribution in [0.3, 0.4) is 0 Å². The molecule has 0 fully saturated rings. The van der Waals surface area contributed by atoms with Crippen LogP contribution in [0.2, 0.25) is 0 Å². The Bertz CT molecular complexity index is 1010. The van der Waals surface area contributed by atoms with Crippen molar-refractivity contribution in [2.24, 2.45) is 5.10 Å². The predicted molar refractivity (Wildman–Crippen MR) is 106 cm³/mol. The average Bonchev–Trinajstić information content (AvgIpc) is 3.11. The van der Waals surface area contributed by atoms with Crippen LogP contribution in [-0.4, -0.2) is 38.0 Å². The molecule has 0 unspecified atom stereocenters. The van der Waals surface area contributed by atoms with Crippen molar-refractivity contribution in [3.8, 4) is 11.3 Å². The molecule has 3 aromatic rings. The molecule has 0 aliphatic carbocycles. The van der Waals surface area contributed by atoms with E-state index in [1.54, 1.807) is 24.4 Å². The molecule has 0 aliphatic rings. The lowest BCUT2D eigenvalue weighted by molar-refractivity contribution is 0.521. The van der Waals surface area contributed by atoms with E-state index in [2.05, 4.69) is 15.5 Å². The fourth-order valence-electron chi connectivity index (χ4n) is 2.19. The molecule has 6 nitrogen and oxygen atoms in total. The normalized spacial score (nSPS) is 12.0. The molecule has 0 spiro atoms. The second kappa shape index (κ2) is 7.77. The lowest BCUT2D eigenvalue weighted by atomic mass is 10.2. The summed E-state index contributed by atoms with van der Waals surface area (Å²) in [5, 5.41) is 6.66. The first-order valence-corrected chi connectivity index (χ1v) is 10.1. The molecule has 0 radical (unpaired) electrons. The van der Waals surface area contributed by atoms with Gasteiger partial charge in [-0.15, -0.1) is 11.3 Å². The molecule has 0 bridgehead atoms. The average molecular weight is 387 g/mol. The van der Waals surface area contributed by atoms with Crippen LogP contribution < -0.4 is 5.43 Å². The molecule has 26 heavy (non-hydrogen) atoms. The fraction of sp³-hybridized carbons (Fsp3) is 0.111. The van der Waals surface area contributed by atoms with Gasteiger partial charge in [-0.1, -0.05) is 42.5 Å². The number of nitrogens with zero attached hydrogens (tertiary/aromatic N) is 3. The van der Waals surface area contributed by atoms with E-state index in [1.165, 1.54) is 29.7 Å². The Balaban J connectivity index is 1.77. The van der Waals surface area contributed by atoms with Crippen molar-refractivity contribution in [2.45, 2.75) is 4.90 Å². The minimum Gasteiger partial charge on any atom is -0.253 e. The molecule has 1 N–H and O–H groups in total. The highest BCUT2D eigenvalue weighted by Crippen LogP contribution is 2.27. The van der Waals surface area contributed by atoms with Crippen molar-refractivity contribution in [3.63, 3.8) is 0 Å². The maximum atomic E-state index is 12.3. The Kier molecular flexibility index (Phi) is 5.46. The Hall–Kier alpha value is -2.55. The summed E-state index contributed by atoms with van der Waals surface area (Å²) in [4.78, 5) is 4.71. The van der Waals surface area contributed by atoms with Crippen molar-refractivity contribution in [3.05, 3.63) is 65.5 Å². The molecule has 134 valence electrons. The van der Waals surface area contributed by atoms with E-state index < -0.39 is 10.0 Å². The number of hydrogen-bond donors (Lipinski definition) is 1. The molecule has 2 aromatic carbocycles. The Morgan fingerprint density at radius 2 is 1.88 bits per heavy atom. The summed E-state index contributed by atoms with van der Waals surface area (Å²) in [6.07, 6.45) is 1.71. The first-order valence-electron chi connectivity index (χ1n) is 7.79. The molecule has 0 saturated carbocycles. The van der Waals surface area contributed by atoms with E-state index >= 15 is 0 Å². The third-order valence-electron chi connectivity index (χ3n) is 3.59. The molecule has 0 amide bonds. The molecule has 0 saturated heterocycles. The van der Waals surface area contributed by atoms with E-state index in [9.17, 15) is 8.42 Å². The number of benzene rings is 2. The molecular weight excluding hydrogens is 368 g/mol. The summed E-state index contributed by atoms with van der Waals surface area (Å²) in [6, 6.07) is 16.5. The number of hydrogen-bond acceptors (Lipinski definition) is 6. The quantitative estimate of drug-likeness (QED) is 0.520. The van der Waals surface area contributed by atoms with Gasteiger partial charge in [-0.2, -0.15) is 5.10 Å². The maximum absolute atomic E-state index is 12.3.